The Morgan fingerprint density at radius 3 is 2.17 bits per heavy atom. The van der Waals surface area contributed by atoms with Crippen LogP contribution in [0.3, 0.4) is 0 Å². The molecular weight excluding hydrogens is 240 g/mol. The lowest BCUT2D eigenvalue weighted by Gasteiger charge is -2.27. The average molecular weight is 262 g/mol. The van der Waals surface area contributed by atoms with Crippen molar-refractivity contribution >= 4 is 0 Å². The first-order valence-corrected chi connectivity index (χ1v) is 6.18. The van der Waals surface area contributed by atoms with Gasteiger partial charge in [0.2, 0.25) is 0 Å². The maximum atomic E-state index is 10.1. The van der Waals surface area contributed by atoms with Gasteiger partial charge in [-0.2, -0.15) is 0 Å². The zero-order valence-electron chi connectivity index (χ0n) is 11.3. The lowest BCUT2D eigenvalue weighted by molar-refractivity contribution is -0.203. The van der Waals surface area contributed by atoms with Crippen LogP contribution in [0, 0.1) is 0 Å². The van der Waals surface area contributed by atoms with E-state index in [-0.39, 0.29) is 6.61 Å². The highest BCUT2D eigenvalue weighted by Crippen LogP contribution is 2.29. The second-order valence-electron chi connectivity index (χ2n) is 5.91. The maximum absolute atomic E-state index is 10.1. The predicted octanol–water partition coefficient (Wildman–Crippen LogP) is 0.0112. The van der Waals surface area contributed by atoms with Gasteiger partial charge in [0.25, 0.3) is 0 Å². The van der Waals surface area contributed by atoms with Gasteiger partial charge in [0.15, 0.2) is 12.1 Å². The van der Waals surface area contributed by atoms with E-state index in [0.717, 1.165) is 0 Å². The highest BCUT2D eigenvalue weighted by molar-refractivity contribution is 4.87. The van der Waals surface area contributed by atoms with E-state index in [0.29, 0.717) is 6.61 Å². The molecular formula is C12H22O6. The van der Waals surface area contributed by atoms with Crippen molar-refractivity contribution in [3.8, 4) is 0 Å². The summed E-state index contributed by atoms with van der Waals surface area (Å²) in [6.07, 6.45) is -3.67. The van der Waals surface area contributed by atoms with Crippen molar-refractivity contribution in [3.63, 3.8) is 0 Å². The first-order chi connectivity index (χ1) is 8.20. The summed E-state index contributed by atoms with van der Waals surface area (Å²) in [5.74, 6) is -0.734. The van der Waals surface area contributed by atoms with Crippen molar-refractivity contribution < 1.29 is 29.2 Å². The largest absolute Gasteiger partial charge is 0.387 e. The van der Waals surface area contributed by atoms with Gasteiger partial charge in [-0.05, 0) is 27.7 Å². The summed E-state index contributed by atoms with van der Waals surface area (Å²) in [5, 5.41) is 20.1. The number of hydrogen-bond acceptors (Lipinski definition) is 6. The molecule has 0 aromatic rings. The summed E-state index contributed by atoms with van der Waals surface area (Å²) in [6, 6.07) is 0. The number of ether oxygens (including phenoxy) is 4. The van der Waals surface area contributed by atoms with Crippen LogP contribution in [0.1, 0.15) is 27.7 Å². The fourth-order valence-electron chi connectivity index (χ4n) is 2.10. The van der Waals surface area contributed by atoms with Crippen LogP contribution in [0.2, 0.25) is 0 Å². The van der Waals surface area contributed by atoms with Crippen LogP contribution >= 0.6 is 0 Å². The second-order valence-corrected chi connectivity index (χ2v) is 5.91. The van der Waals surface area contributed by atoms with E-state index in [9.17, 15) is 10.2 Å². The molecule has 0 spiro atoms. The number of aliphatic hydroxyl groups is 2. The molecule has 4 atom stereocenters. The minimum absolute atomic E-state index is 0.237. The van der Waals surface area contributed by atoms with Gasteiger partial charge in [0.1, 0.15) is 18.3 Å². The molecule has 2 heterocycles. The fourth-order valence-corrected chi connectivity index (χ4v) is 2.10. The zero-order chi connectivity index (χ0) is 13.6. The van der Waals surface area contributed by atoms with Crippen LogP contribution in [-0.4, -0.2) is 59.4 Å². The molecule has 2 saturated heterocycles. The van der Waals surface area contributed by atoms with Crippen LogP contribution in [0.15, 0.2) is 0 Å². The summed E-state index contributed by atoms with van der Waals surface area (Å²) in [4.78, 5) is 0. The average Bonchev–Trinajstić information content (AvgIpc) is 2.79. The molecule has 2 aliphatic rings. The van der Waals surface area contributed by atoms with E-state index >= 15 is 0 Å². The Kier molecular flexibility index (Phi) is 3.70. The van der Waals surface area contributed by atoms with E-state index in [1.165, 1.54) is 0 Å². The summed E-state index contributed by atoms with van der Waals surface area (Å²) in [5.41, 5.74) is -0.447. The minimum Gasteiger partial charge on any atom is -0.387 e. The van der Waals surface area contributed by atoms with Crippen molar-refractivity contribution in [3.05, 3.63) is 0 Å². The summed E-state index contributed by atoms with van der Waals surface area (Å²) in [7, 11) is 0. The van der Waals surface area contributed by atoms with Gasteiger partial charge in [-0.25, -0.2) is 0 Å². The van der Waals surface area contributed by atoms with E-state index in [2.05, 4.69) is 0 Å². The van der Waals surface area contributed by atoms with Gasteiger partial charge in [-0.15, -0.1) is 0 Å². The quantitative estimate of drug-likeness (QED) is 0.746. The minimum atomic E-state index is -1.16. The van der Waals surface area contributed by atoms with Crippen molar-refractivity contribution in [2.24, 2.45) is 0 Å². The Hall–Kier alpha value is -0.240. The molecule has 2 rings (SSSR count). The van der Waals surface area contributed by atoms with Gasteiger partial charge in [-0.1, -0.05) is 0 Å². The monoisotopic (exact) mass is 262 g/mol. The lowest BCUT2D eigenvalue weighted by atomic mass is 10.1. The van der Waals surface area contributed by atoms with Gasteiger partial charge in [0, 0.05) is 0 Å². The van der Waals surface area contributed by atoms with Crippen molar-refractivity contribution in [2.45, 2.75) is 63.7 Å². The van der Waals surface area contributed by atoms with Crippen LogP contribution in [0.25, 0.3) is 0 Å². The summed E-state index contributed by atoms with van der Waals surface area (Å²) < 4.78 is 21.7. The summed E-state index contributed by atoms with van der Waals surface area (Å²) in [6.45, 7) is 7.88. The van der Waals surface area contributed by atoms with Crippen LogP contribution in [0.5, 0.6) is 0 Å². The number of rotatable bonds is 3. The third-order valence-electron chi connectivity index (χ3n) is 3.07. The molecule has 0 radical (unpaired) electrons. The molecule has 6 heteroatoms. The van der Waals surface area contributed by atoms with Gasteiger partial charge in [-0.3, -0.25) is 0 Å². The Balaban J connectivity index is 1.92. The van der Waals surface area contributed by atoms with Crippen molar-refractivity contribution in [1.29, 1.82) is 0 Å². The van der Waals surface area contributed by atoms with Crippen LogP contribution in [0.4, 0.5) is 0 Å². The normalized spacial score (nSPS) is 37.7. The Morgan fingerprint density at radius 2 is 1.72 bits per heavy atom. The second kappa shape index (κ2) is 4.70. The molecule has 2 N–H and O–H groups in total. The van der Waals surface area contributed by atoms with Crippen LogP contribution < -0.4 is 0 Å². The Labute approximate surface area is 107 Å². The van der Waals surface area contributed by atoms with Crippen LogP contribution in [-0.2, 0) is 18.9 Å². The molecule has 0 unspecified atom stereocenters. The van der Waals surface area contributed by atoms with Gasteiger partial charge >= 0.3 is 0 Å². The third kappa shape index (κ3) is 3.01. The molecule has 2 aliphatic heterocycles. The van der Waals surface area contributed by atoms with Crippen molar-refractivity contribution in [1.82, 2.24) is 0 Å². The molecule has 6 nitrogen and oxygen atoms in total. The first-order valence-electron chi connectivity index (χ1n) is 6.18. The molecule has 0 saturated carbocycles. The molecule has 18 heavy (non-hydrogen) atoms. The maximum Gasteiger partial charge on any atom is 0.186 e. The lowest BCUT2D eigenvalue weighted by Crippen LogP contribution is -2.46. The molecule has 0 aliphatic carbocycles. The van der Waals surface area contributed by atoms with E-state index < -0.39 is 36.0 Å². The van der Waals surface area contributed by atoms with Gasteiger partial charge < -0.3 is 29.2 Å². The van der Waals surface area contributed by atoms with E-state index in [4.69, 9.17) is 18.9 Å². The highest BCUT2D eigenvalue weighted by atomic mass is 16.8. The number of aliphatic hydroxyl groups excluding tert-OH is 2. The topological polar surface area (TPSA) is 77.4 Å². The van der Waals surface area contributed by atoms with E-state index in [1.807, 2.05) is 13.8 Å². The standard InChI is InChI=1S/C12H22O6/c1-11(2)6-15-10(18-11)9(14)8(13)7-5-16-12(3,4)17-7/h7-10,13-14H,5-6H2,1-4H3/t7-,8-,9+,10+/m1/s1. The Morgan fingerprint density at radius 1 is 1.06 bits per heavy atom. The predicted molar refractivity (Wildman–Crippen MR) is 61.8 cm³/mol. The smallest absolute Gasteiger partial charge is 0.186 e. The third-order valence-corrected chi connectivity index (χ3v) is 3.07. The summed E-state index contributed by atoms with van der Waals surface area (Å²) >= 11 is 0. The van der Waals surface area contributed by atoms with Gasteiger partial charge in [0.05, 0.1) is 18.8 Å². The first kappa shape index (κ1) is 14.2. The molecule has 0 bridgehead atoms. The number of hydrogen-bond donors (Lipinski definition) is 2. The van der Waals surface area contributed by atoms with E-state index in [1.54, 1.807) is 13.8 Å². The molecule has 0 aromatic carbocycles. The van der Waals surface area contributed by atoms with Crippen molar-refractivity contribution in [2.75, 3.05) is 13.2 Å². The molecule has 2 fully saturated rings. The zero-order valence-corrected chi connectivity index (χ0v) is 11.3. The Bertz CT molecular complexity index is 273. The molecule has 0 aromatic heterocycles. The molecule has 106 valence electrons. The highest BCUT2D eigenvalue weighted by Gasteiger charge is 2.45. The molecule has 0 amide bonds. The fraction of sp³-hybridized carbons (Fsp3) is 1.00. The SMILES string of the molecule is CC1(C)CO[C@H]([C@@H](O)[C@H](O)[C@H]2COC(C)(C)O2)O1.